The molecule has 33 heavy (non-hydrogen) atoms. The van der Waals surface area contributed by atoms with Crippen LogP contribution in [-0.2, 0) is 20.8 Å². The molecule has 0 saturated carbocycles. The largest absolute Gasteiger partial charge is 0.497 e. The SMILES string of the molecule is COc1ccc(N2C(=O)C[C@H](Sc3ccc(NC(=O)Cc4ccc(Cl)cc4)cc3)C2=O)cc1. The molecule has 1 fully saturated rings. The lowest BCUT2D eigenvalue weighted by Crippen LogP contribution is -2.31. The molecule has 0 aliphatic carbocycles. The number of hydrogen-bond donors (Lipinski definition) is 1. The second kappa shape index (κ2) is 10.1. The number of anilines is 2. The average molecular weight is 481 g/mol. The Labute approximate surface area is 200 Å². The smallest absolute Gasteiger partial charge is 0.247 e. The van der Waals surface area contributed by atoms with Gasteiger partial charge in [0.05, 0.1) is 24.5 Å². The van der Waals surface area contributed by atoms with Crippen LogP contribution < -0.4 is 15.0 Å². The summed E-state index contributed by atoms with van der Waals surface area (Å²) in [7, 11) is 1.56. The van der Waals surface area contributed by atoms with Crippen LogP contribution in [0, 0.1) is 0 Å². The number of thioether (sulfide) groups is 1. The molecule has 1 aliphatic rings. The van der Waals surface area contributed by atoms with Crippen molar-refractivity contribution >= 4 is 52.5 Å². The number of rotatable bonds is 7. The van der Waals surface area contributed by atoms with E-state index in [9.17, 15) is 14.4 Å². The minimum atomic E-state index is -0.495. The zero-order valence-electron chi connectivity index (χ0n) is 17.8. The van der Waals surface area contributed by atoms with Gasteiger partial charge in [-0.15, -0.1) is 11.8 Å². The van der Waals surface area contributed by atoms with Crippen LogP contribution in [0.15, 0.2) is 77.7 Å². The molecule has 4 rings (SSSR count). The van der Waals surface area contributed by atoms with E-state index in [-0.39, 0.29) is 30.6 Å². The van der Waals surface area contributed by atoms with E-state index in [0.717, 1.165) is 10.5 Å². The lowest BCUT2D eigenvalue weighted by atomic mass is 10.1. The van der Waals surface area contributed by atoms with Crippen LogP contribution in [0.5, 0.6) is 5.75 Å². The van der Waals surface area contributed by atoms with Gasteiger partial charge >= 0.3 is 0 Å². The second-order valence-corrected chi connectivity index (χ2v) is 9.16. The summed E-state index contributed by atoms with van der Waals surface area (Å²) in [5, 5.41) is 2.99. The Hall–Kier alpha value is -3.29. The summed E-state index contributed by atoms with van der Waals surface area (Å²) in [6.07, 6.45) is 0.378. The van der Waals surface area contributed by atoms with Gasteiger partial charge < -0.3 is 10.1 Å². The van der Waals surface area contributed by atoms with Gasteiger partial charge in [-0.05, 0) is 66.2 Å². The molecule has 0 spiro atoms. The molecule has 1 saturated heterocycles. The Kier molecular flexibility index (Phi) is 7.01. The van der Waals surface area contributed by atoms with E-state index in [1.807, 2.05) is 24.3 Å². The monoisotopic (exact) mass is 480 g/mol. The number of methoxy groups -OCH3 is 1. The molecule has 1 atom stereocenters. The van der Waals surface area contributed by atoms with E-state index in [1.54, 1.807) is 55.6 Å². The Morgan fingerprint density at radius 3 is 2.33 bits per heavy atom. The number of carbonyl (C=O) groups is 3. The van der Waals surface area contributed by atoms with E-state index in [2.05, 4.69) is 5.32 Å². The van der Waals surface area contributed by atoms with E-state index in [4.69, 9.17) is 16.3 Å². The molecule has 1 aliphatic heterocycles. The van der Waals surface area contributed by atoms with E-state index in [0.29, 0.717) is 22.1 Å². The van der Waals surface area contributed by atoms with Gasteiger partial charge in [0, 0.05) is 22.0 Å². The van der Waals surface area contributed by atoms with Gasteiger partial charge in [0.25, 0.3) is 0 Å². The standard InChI is InChI=1S/C25H21ClN2O4S/c1-32-20-10-8-19(9-11-20)28-24(30)15-22(25(28)31)33-21-12-6-18(7-13-21)27-23(29)14-16-2-4-17(26)5-3-16/h2-13,22H,14-15H2,1H3,(H,27,29)/t22-/m0/s1. The van der Waals surface area contributed by atoms with Crippen molar-refractivity contribution in [3.63, 3.8) is 0 Å². The van der Waals surface area contributed by atoms with Crippen molar-refractivity contribution < 1.29 is 19.1 Å². The van der Waals surface area contributed by atoms with Crippen molar-refractivity contribution in [3.05, 3.63) is 83.4 Å². The maximum absolute atomic E-state index is 12.9. The predicted molar refractivity (Wildman–Crippen MR) is 130 cm³/mol. The molecule has 0 radical (unpaired) electrons. The van der Waals surface area contributed by atoms with Crippen LogP contribution in [0.3, 0.4) is 0 Å². The number of ether oxygens (including phenoxy) is 1. The molecule has 0 bridgehead atoms. The van der Waals surface area contributed by atoms with Crippen molar-refractivity contribution in [3.8, 4) is 5.75 Å². The van der Waals surface area contributed by atoms with Crippen LogP contribution >= 0.6 is 23.4 Å². The van der Waals surface area contributed by atoms with E-state index < -0.39 is 5.25 Å². The molecule has 3 amide bonds. The van der Waals surface area contributed by atoms with Crippen LogP contribution in [0.2, 0.25) is 5.02 Å². The lowest BCUT2D eigenvalue weighted by Gasteiger charge is -2.15. The molecular formula is C25H21ClN2O4S. The quantitative estimate of drug-likeness (QED) is 0.484. The van der Waals surface area contributed by atoms with Gasteiger partial charge in [0.15, 0.2) is 0 Å². The van der Waals surface area contributed by atoms with Gasteiger partial charge in [-0.3, -0.25) is 14.4 Å². The van der Waals surface area contributed by atoms with Crippen molar-refractivity contribution in [1.29, 1.82) is 0 Å². The third-order valence-electron chi connectivity index (χ3n) is 5.13. The van der Waals surface area contributed by atoms with Crippen molar-refractivity contribution in [2.24, 2.45) is 0 Å². The highest BCUT2D eigenvalue weighted by Gasteiger charge is 2.40. The zero-order valence-corrected chi connectivity index (χ0v) is 19.4. The van der Waals surface area contributed by atoms with Crippen molar-refractivity contribution in [1.82, 2.24) is 0 Å². The molecule has 0 aromatic heterocycles. The highest BCUT2D eigenvalue weighted by atomic mass is 35.5. The fourth-order valence-corrected chi connectivity index (χ4v) is 4.65. The summed E-state index contributed by atoms with van der Waals surface area (Å²) in [6, 6.07) is 21.2. The Morgan fingerprint density at radius 1 is 1.03 bits per heavy atom. The fraction of sp³-hybridized carbons (Fsp3) is 0.160. The van der Waals surface area contributed by atoms with E-state index in [1.165, 1.54) is 16.7 Å². The maximum atomic E-state index is 12.9. The summed E-state index contributed by atoms with van der Waals surface area (Å²) in [4.78, 5) is 39.7. The van der Waals surface area contributed by atoms with Gasteiger partial charge in [0.1, 0.15) is 5.75 Å². The fourth-order valence-electron chi connectivity index (χ4n) is 3.47. The maximum Gasteiger partial charge on any atom is 0.247 e. The van der Waals surface area contributed by atoms with Crippen molar-refractivity contribution in [2.75, 3.05) is 17.3 Å². The molecule has 168 valence electrons. The minimum absolute atomic E-state index is 0.134. The second-order valence-electron chi connectivity index (χ2n) is 7.45. The average Bonchev–Trinajstić information content (AvgIpc) is 3.09. The number of hydrogen-bond acceptors (Lipinski definition) is 5. The number of nitrogens with zero attached hydrogens (tertiary/aromatic N) is 1. The third kappa shape index (κ3) is 5.56. The minimum Gasteiger partial charge on any atom is -0.497 e. The first-order chi connectivity index (χ1) is 15.9. The third-order valence-corrected chi connectivity index (χ3v) is 6.58. The molecular weight excluding hydrogens is 460 g/mol. The predicted octanol–water partition coefficient (Wildman–Crippen LogP) is 4.95. The highest BCUT2D eigenvalue weighted by molar-refractivity contribution is 8.00. The van der Waals surface area contributed by atoms with Crippen LogP contribution in [0.25, 0.3) is 0 Å². The zero-order chi connectivity index (χ0) is 23.4. The number of halogens is 1. The summed E-state index contributed by atoms with van der Waals surface area (Å²) >= 11 is 7.21. The van der Waals surface area contributed by atoms with Gasteiger partial charge in [0.2, 0.25) is 17.7 Å². The van der Waals surface area contributed by atoms with Crippen LogP contribution in [-0.4, -0.2) is 30.1 Å². The molecule has 8 heteroatoms. The Bertz CT molecular complexity index is 1160. The molecule has 6 nitrogen and oxygen atoms in total. The van der Waals surface area contributed by atoms with Crippen LogP contribution in [0.1, 0.15) is 12.0 Å². The highest BCUT2D eigenvalue weighted by Crippen LogP contribution is 2.34. The number of carbonyl (C=O) groups excluding carboxylic acids is 3. The lowest BCUT2D eigenvalue weighted by molar-refractivity contribution is -0.121. The molecule has 3 aromatic carbocycles. The first-order valence-electron chi connectivity index (χ1n) is 10.2. The summed E-state index contributed by atoms with van der Waals surface area (Å²) < 4.78 is 5.13. The first-order valence-corrected chi connectivity index (χ1v) is 11.5. The summed E-state index contributed by atoms with van der Waals surface area (Å²) in [5.41, 5.74) is 2.06. The number of imide groups is 1. The summed E-state index contributed by atoms with van der Waals surface area (Å²) in [5.74, 6) is 0.0535. The van der Waals surface area contributed by atoms with E-state index >= 15 is 0 Å². The Balaban J connectivity index is 1.35. The van der Waals surface area contributed by atoms with Crippen molar-refractivity contribution in [2.45, 2.75) is 23.0 Å². The molecule has 1 heterocycles. The summed E-state index contributed by atoms with van der Waals surface area (Å²) in [6.45, 7) is 0. The molecule has 0 unspecified atom stereocenters. The molecule has 1 N–H and O–H groups in total. The Morgan fingerprint density at radius 2 is 1.70 bits per heavy atom. The normalized spacial score (nSPS) is 15.6. The molecule has 3 aromatic rings. The van der Waals surface area contributed by atoms with Gasteiger partial charge in [-0.25, -0.2) is 4.90 Å². The van der Waals surface area contributed by atoms with Crippen LogP contribution in [0.4, 0.5) is 11.4 Å². The number of benzene rings is 3. The topological polar surface area (TPSA) is 75.7 Å². The van der Waals surface area contributed by atoms with Gasteiger partial charge in [-0.2, -0.15) is 0 Å². The van der Waals surface area contributed by atoms with Gasteiger partial charge in [-0.1, -0.05) is 23.7 Å². The number of amides is 3. The number of nitrogens with one attached hydrogen (secondary N) is 1. The first kappa shape index (κ1) is 22.9.